The van der Waals surface area contributed by atoms with Gasteiger partial charge in [0.2, 0.25) is 5.88 Å². The van der Waals surface area contributed by atoms with E-state index < -0.39 is 0 Å². The third-order valence-electron chi connectivity index (χ3n) is 2.29. The highest BCUT2D eigenvalue weighted by Gasteiger charge is 2.01. The lowest BCUT2D eigenvalue weighted by Gasteiger charge is -2.09. The van der Waals surface area contributed by atoms with E-state index in [1.54, 1.807) is 13.3 Å². The molecule has 1 rings (SSSR count). The van der Waals surface area contributed by atoms with Crippen molar-refractivity contribution in [1.82, 2.24) is 4.98 Å². The lowest BCUT2D eigenvalue weighted by molar-refractivity contribution is 0.0177. The highest BCUT2D eigenvalue weighted by molar-refractivity contribution is 5.49. The molecule has 19 heavy (non-hydrogen) atoms. The van der Waals surface area contributed by atoms with Crippen LogP contribution < -0.4 is 10.5 Å². The second-order valence-corrected chi connectivity index (χ2v) is 3.97. The Morgan fingerprint density at radius 2 is 1.68 bits per heavy atom. The van der Waals surface area contributed by atoms with E-state index in [-0.39, 0.29) is 0 Å². The standard InChI is InChI=1S/C13H22N2O4/c1-11-9-12(14)13(15-10-11)19-8-7-18-6-5-17-4-3-16-2/h9-10H,3-8,14H2,1-2H3. The van der Waals surface area contributed by atoms with E-state index in [2.05, 4.69) is 4.98 Å². The predicted octanol–water partition coefficient (Wildman–Crippen LogP) is 1.03. The van der Waals surface area contributed by atoms with Gasteiger partial charge in [-0.15, -0.1) is 0 Å². The van der Waals surface area contributed by atoms with Crippen LogP contribution >= 0.6 is 0 Å². The molecule has 6 heteroatoms. The van der Waals surface area contributed by atoms with Gasteiger partial charge >= 0.3 is 0 Å². The summed E-state index contributed by atoms with van der Waals surface area (Å²) in [5, 5.41) is 0. The summed E-state index contributed by atoms with van der Waals surface area (Å²) < 4.78 is 20.9. The van der Waals surface area contributed by atoms with Gasteiger partial charge in [-0.3, -0.25) is 0 Å². The van der Waals surface area contributed by atoms with E-state index >= 15 is 0 Å². The maximum absolute atomic E-state index is 5.77. The molecular weight excluding hydrogens is 248 g/mol. The van der Waals surface area contributed by atoms with Crippen molar-refractivity contribution in [2.75, 3.05) is 52.5 Å². The first-order valence-corrected chi connectivity index (χ1v) is 6.23. The summed E-state index contributed by atoms with van der Waals surface area (Å²) in [5.41, 5.74) is 7.32. The minimum absolute atomic E-state index is 0.415. The van der Waals surface area contributed by atoms with Gasteiger partial charge < -0.3 is 24.7 Å². The van der Waals surface area contributed by atoms with Gasteiger partial charge in [0.15, 0.2) is 0 Å². The Kier molecular flexibility index (Phi) is 7.88. The van der Waals surface area contributed by atoms with Crippen molar-refractivity contribution in [3.05, 3.63) is 17.8 Å². The largest absolute Gasteiger partial charge is 0.474 e. The van der Waals surface area contributed by atoms with Crippen LogP contribution in [0.3, 0.4) is 0 Å². The van der Waals surface area contributed by atoms with E-state index in [0.717, 1.165) is 5.56 Å². The van der Waals surface area contributed by atoms with Gasteiger partial charge in [0, 0.05) is 13.3 Å². The Balaban J connectivity index is 2.01. The first kappa shape index (κ1) is 15.7. The lowest BCUT2D eigenvalue weighted by Crippen LogP contribution is -2.13. The summed E-state index contributed by atoms with van der Waals surface area (Å²) in [7, 11) is 1.64. The van der Waals surface area contributed by atoms with Gasteiger partial charge in [-0.1, -0.05) is 0 Å². The molecule has 0 unspecified atom stereocenters. The summed E-state index contributed by atoms with van der Waals surface area (Å²) in [6.07, 6.45) is 1.72. The van der Waals surface area contributed by atoms with Crippen molar-refractivity contribution in [3.8, 4) is 5.88 Å². The number of ether oxygens (including phenoxy) is 4. The fourth-order valence-corrected chi connectivity index (χ4v) is 1.36. The van der Waals surface area contributed by atoms with E-state index in [0.29, 0.717) is 51.2 Å². The molecule has 1 aromatic rings. The minimum atomic E-state index is 0.415. The van der Waals surface area contributed by atoms with Crippen molar-refractivity contribution in [2.45, 2.75) is 6.92 Å². The van der Waals surface area contributed by atoms with Crippen LogP contribution in [0.2, 0.25) is 0 Å². The van der Waals surface area contributed by atoms with Crippen LogP contribution in [0, 0.1) is 6.92 Å². The highest BCUT2D eigenvalue weighted by Crippen LogP contribution is 2.17. The zero-order chi connectivity index (χ0) is 13.9. The Hall–Kier alpha value is -1.37. The smallest absolute Gasteiger partial charge is 0.237 e. The molecule has 0 spiro atoms. The molecule has 0 aliphatic heterocycles. The first-order valence-electron chi connectivity index (χ1n) is 6.23. The third kappa shape index (κ3) is 6.95. The molecule has 0 bridgehead atoms. The second-order valence-electron chi connectivity index (χ2n) is 3.97. The normalized spacial score (nSPS) is 10.6. The summed E-state index contributed by atoms with van der Waals surface area (Å²) in [5.74, 6) is 0.450. The SMILES string of the molecule is COCCOCCOCCOc1ncc(C)cc1N. The Bertz CT molecular complexity index is 360. The van der Waals surface area contributed by atoms with Crippen molar-refractivity contribution >= 4 is 5.69 Å². The number of aromatic nitrogens is 1. The number of aryl methyl sites for hydroxylation is 1. The average molecular weight is 270 g/mol. The number of rotatable bonds is 10. The van der Waals surface area contributed by atoms with Gasteiger partial charge in [-0.05, 0) is 18.6 Å². The summed E-state index contributed by atoms with van der Waals surface area (Å²) >= 11 is 0. The fraction of sp³-hybridized carbons (Fsp3) is 0.615. The highest BCUT2D eigenvalue weighted by atomic mass is 16.6. The Morgan fingerprint density at radius 3 is 2.32 bits per heavy atom. The van der Waals surface area contributed by atoms with E-state index in [9.17, 15) is 0 Å². The molecule has 6 nitrogen and oxygen atoms in total. The molecule has 0 saturated carbocycles. The number of methoxy groups -OCH3 is 1. The van der Waals surface area contributed by atoms with Crippen molar-refractivity contribution in [3.63, 3.8) is 0 Å². The Morgan fingerprint density at radius 1 is 1.05 bits per heavy atom. The van der Waals surface area contributed by atoms with Crippen LogP contribution in [-0.2, 0) is 14.2 Å². The molecule has 0 radical (unpaired) electrons. The molecule has 108 valence electrons. The number of anilines is 1. The van der Waals surface area contributed by atoms with Crippen LogP contribution in [0.25, 0.3) is 0 Å². The number of nitrogens with zero attached hydrogens (tertiary/aromatic N) is 1. The Labute approximate surface area is 113 Å². The molecule has 0 aliphatic rings. The third-order valence-corrected chi connectivity index (χ3v) is 2.29. The van der Waals surface area contributed by atoms with Gasteiger partial charge in [0.1, 0.15) is 6.61 Å². The summed E-state index contributed by atoms with van der Waals surface area (Å²) in [6, 6.07) is 1.83. The molecule has 0 amide bonds. The van der Waals surface area contributed by atoms with E-state index in [1.165, 1.54) is 0 Å². The van der Waals surface area contributed by atoms with E-state index in [4.69, 9.17) is 24.7 Å². The minimum Gasteiger partial charge on any atom is -0.474 e. The van der Waals surface area contributed by atoms with Crippen LogP contribution in [-0.4, -0.2) is 51.7 Å². The van der Waals surface area contributed by atoms with Crippen LogP contribution in [0.15, 0.2) is 12.3 Å². The molecule has 2 N–H and O–H groups in total. The molecule has 0 aliphatic carbocycles. The van der Waals surface area contributed by atoms with Crippen molar-refractivity contribution in [1.29, 1.82) is 0 Å². The quantitative estimate of drug-likeness (QED) is 0.640. The predicted molar refractivity (Wildman–Crippen MR) is 72.4 cm³/mol. The van der Waals surface area contributed by atoms with Crippen molar-refractivity contribution in [2.24, 2.45) is 0 Å². The maximum Gasteiger partial charge on any atom is 0.237 e. The second kappa shape index (κ2) is 9.55. The van der Waals surface area contributed by atoms with Crippen LogP contribution in [0.5, 0.6) is 5.88 Å². The average Bonchev–Trinajstić information content (AvgIpc) is 2.39. The fourth-order valence-electron chi connectivity index (χ4n) is 1.36. The maximum atomic E-state index is 5.77. The molecule has 0 saturated heterocycles. The number of nitrogens with two attached hydrogens (primary N) is 1. The van der Waals surface area contributed by atoms with Gasteiger partial charge in [0.25, 0.3) is 0 Å². The zero-order valence-corrected chi connectivity index (χ0v) is 11.6. The molecule has 1 heterocycles. The summed E-state index contributed by atoms with van der Waals surface area (Å²) in [6.45, 7) is 5.08. The molecule has 1 aromatic heterocycles. The number of nitrogen functional groups attached to an aromatic ring is 1. The molecule has 0 fully saturated rings. The van der Waals surface area contributed by atoms with Gasteiger partial charge in [-0.25, -0.2) is 4.98 Å². The number of hydrogen-bond acceptors (Lipinski definition) is 6. The van der Waals surface area contributed by atoms with Gasteiger partial charge in [0.05, 0.1) is 38.7 Å². The zero-order valence-electron chi connectivity index (χ0n) is 11.6. The van der Waals surface area contributed by atoms with Gasteiger partial charge in [-0.2, -0.15) is 0 Å². The monoisotopic (exact) mass is 270 g/mol. The first-order chi connectivity index (χ1) is 9.24. The molecule has 0 atom stereocenters. The number of pyridine rings is 1. The number of hydrogen-bond donors (Lipinski definition) is 1. The molecular formula is C13H22N2O4. The van der Waals surface area contributed by atoms with Crippen LogP contribution in [0.1, 0.15) is 5.56 Å². The lowest BCUT2D eigenvalue weighted by atomic mass is 10.3. The molecule has 0 aromatic carbocycles. The topological polar surface area (TPSA) is 75.8 Å². The van der Waals surface area contributed by atoms with Crippen LogP contribution in [0.4, 0.5) is 5.69 Å². The van der Waals surface area contributed by atoms with Crippen molar-refractivity contribution < 1.29 is 18.9 Å². The summed E-state index contributed by atoms with van der Waals surface area (Å²) in [4.78, 5) is 4.10. The van der Waals surface area contributed by atoms with E-state index in [1.807, 2.05) is 13.0 Å².